The molecule has 0 radical (unpaired) electrons. The third-order valence-corrected chi connectivity index (χ3v) is 3.78. The van der Waals surface area contributed by atoms with E-state index in [0.29, 0.717) is 6.04 Å². The van der Waals surface area contributed by atoms with Crippen LogP contribution in [0.4, 0.5) is 5.69 Å². The molecule has 1 unspecified atom stereocenters. The SMILES string of the molecule is COc1ccc(C(C)(C)C)cc1NC(C)C1CC1. The van der Waals surface area contributed by atoms with Gasteiger partial charge in [0.05, 0.1) is 12.8 Å². The minimum Gasteiger partial charge on any atom is -0.495 e. The Morgan fingerprint density at radius 1 is 1.28 bits per heavy atom. The molecule has 0 heterocycles. The maximum atomic E-state index is 5.45. The van der Waals surface area contributed by atoms with Crippen molar-refractivity contribution in [3.8, 4) is 5.75 Å². The third-order valence-electron chi connectivity index (χ3n) is 3.78. The summed E-state index contributed by atoms with van der Waals surface area (Å²) in [6.07, 6.45) is 2.71. The third kappa shape index (κ3) is 2.98. The molecule has 100 valence electrons. The van der Waals surface area contributed by atoms with Crippen molar-refractivity contribution in [1.82, 2.24) is 0 Å². The second-order valence-corrected chi connectivity index (χ2v) is 6.44. The van der Waals surface area contributed by atoms with Crippen molar-refractivity contribution in [2.24, 2.45) is 5.92 Å². The van der Waals surface area contributed by atoms with Gasteiger partial charge in [-0.15, -0.1) is 0 Å². The summed E-state index contributed by atoms with van der Waals surface area (Å²) in [4.78, 5) is 0. The highest BCUT2D eigenvalue weighted by Gasteiger charge is 2.28. The number of benzene rings is 1. The van der Waals surface area contributed by atoms with Crippen LogP contribution in [0.3, 0.4) is 0 Å². The van der Waals surface area contributed by atoms with Crippen molar-refractivity contribution in [2.45, 2.75) is 52.0 Å². The number of ether oxygens (including phenoxy) is 1. The Morgan fingerprint density at radius 2 is 1.94 bits per heavy atom. The quantitative estimate of drug-likeness (QED) is 0.861. The van der Waals surface area contributed by atoms with Crippen molar-refractivity contribution >= 4 is 5.69 Å². The zero-order chi connectivity index (χ0) is 13.3. The lowest BCUT2D eigenvalue weighted by atomic mass is 9.86. The van der Waals surface area contributed by atoms with E-state index in [1.54, 1.807) is 7.11 Å². The van der Waals surface area contributed by atoms with Gasteiger partial charge in [0.1, 0.15) is 5.75 Å². The summed E-state index contributed by atoms with van der Waals surface area (Å²) in [6, 6.07) is 7.00. The Bertz CT molecular complexity index is 416. The maximum Gasteiger partial charge on any atom is 0.141 e. The van der Waals surface area contributed by atoms with E-state index < -0.39 is 0 Å². The van der Waals surface area contributed by atoms with Gasteiger partial charge in [0.25, 0.3) is 0 Å². The van der Waals surface area contributed by atoms with E-state index in [1.807, 2.05) is 0 Å². The van der Waals surface area contributed by atoms with Gasteiger partial charge in [-0.1, -0.05) is 26.8 Å². The highest BCUT2D eigenvalue weighted by Crippen LogP contribution is 2.37. The highest BCUT2D eigenvalue weighted by molar-refractivity contribution is 5.59. The van der Waals surface area contributed by atoms with Gasteiger partial charge in [-0.05, 0) is 48.8 Å². The second kappa shape index (κ2) is 4.83. The van der Waals surface area contributed by atoms with Gasteiger partial charge in [-0.25, -0.2) is 0 Å². The Labute approximate surface area is 111 Å². The van der Waals surface area contributed by atoms with Crippen LogP contribution in [0.2, 0.25) is 0 Å². The number of nitrogens with one attached hydrogen (secondary N) is 1. The number of hydrogen-bond acceptors (Lipinski definition) is 2. The fourth-order valence-electron chi connectivity index (χ4n) is 2.25. The van der Waals surface area contributed by atoms with Gasteiger partial charge in [-0.2, -0.15) is 0 Å². The summed E-state index contributed by atoms with van der Waals surface area (Å²) in [7, 11) is 1.74. The van der Waals surface area contributed by atoms with Gasteiger partial charge in [0, 0.05) is 6.04 Å². The van der Waals surface area contributed by atoms with Crippen LogP contribution in [0, 0.1) is 5.92 Å². The van der Waals surface area contributed by atoms with Crippen molar-refractivity contribution < 1.29 is 4.74 Å². The van der Waals surface area contributed by atoms with E-state index in [0.717, 1.165) is 17.4 Å². The van der Waals surface area contributed by atoms with Crippen molar-refractivity contribution in [2.75, 3.05) is 12.4 Å². The Hall–Kier alpha value is -1.18. The Balaban J connectivity index is 2.24. The van der Waals surface area contributed by atoms with E-state index in [1.165, 1.54) is 18.4 Å². The van der Waals surface area contributed by atoms with Crippen LogP contribution in [0.1, 0.15) is 46.1 Å². The molecule has 0 spiro atoms. The predicted molar refractivity (Wildman–Crippen MR) is 77.5 cm³/mol. The average Bonchev–Trinajstić information content (AvgIpc) is 3.11. The van der Waals surface area contributed by atoms with Crippen LogP contribution >= 0.6 is 0 Å². The number of rotatable bonds is 4. The fourth-order valence-corrected chi connectivity index (χ4v) is 2.25. The highest BCUT2D eigenvalue weighted by atomic mass is 16.5. The number of anilines is 1. The molecule has 1 atom stereocenters. The molecule has 2 heteroatoms. The van der Waals surface area contributed by atoms with Crippen LogP contribution < -0.4 is 10.1 Å². The molecule has 0 bridgehead atoms. The molecule has 1 aromatic rings. The molecule has 1 N–H and O–H groups in total. The Morgan fingerprint density at radius 3 is 2.44 bits per heavy atom. The molecule has 1 saturated carbocycles. The first-order valence-corrected chi connectivity index (χ1v) is 6.87. The Kier molecular flexibility index (Phi) is 3.56. The van der Waals surface area contributed by atoms with Crippen molar-refractivity contribution in [3.05, 3.63) is 23.8 Å². The summed E-state index contributed by atoms with van der Waals surface area (Å²) in [5, 5.41) is 3.61. The van der Waals surface area contributed by atoms with Gasteiger partial charge in [-0.3, -0.25) is 0 Å². The largest absolute Gasteiger partial charge is 0.495 e. The molecule has 0 aromatic heterocycles. The van der Waals surface area contributed by atoms with E-state index in [-0.39, 0.29) is 5.41 Å². The van der Waals surface area contributed by atoms with Crippen LogP contribution in [0.5, 0.6) is 5.75 Å². The van der Waals surface area contributed by atoms with E-state index >= 15 is 0 Å². The lowest BCUT2D eigenvalue weighted by Crippen LogP contribution is -2.19. The second-order valence-electron chi connectivity index (χ2n) is 6.44. The lowest BCUT2D eigenvalue weighted by Gasteiger charge is -2.23. The summed E-state index contributed by atoms with van der Waals surface area (Å²) in [6.45, 7) is 8.98. The van der Waals surface area contributed by atoms with Gasteiger partial charge in [0.2, 0.25) is 0 Å². The summed E-state index contributed by atoms with van der Waals surface area (Å²) in [5.74, 6) is 1.78. The fraction of sp³-hybridized carbons (Fsp3) is 0.625. The van der Waals surface area contributed by atoms with Crippen molar-refractivity contribution in [3.63, 3.8) is 0 Å². The summed E-state index contributed by atoms with van der Waals surface area (Å²) < 4.78 is 5.45. The summed E-state index contributed by atoms with van der Waals surface area (Å²) in [5.41, 5.74) is 2.64. The summed E-state index contributed by atoms with van der Waals surface area (Å²) >= 11 is 0. The standard InChI is InChI=1S/C16H25NO/c1-11(12-6-7-12)17-14-10-13(16(2,3)4)8-9-15(14)18-5/h8-12,17H,6-7H2,1-5H3. The predicted octanol–water partition coefficient (Wildman–Crippen LogP) is 4.20. The van der Waals surface area contributed by atoms with E-state index in [4.69, 9.17) is 4.74 Å². The molecule has 1 aromatic carbocycles. The minimum atomic E-state index is 0.172. The minimum absolute atomic E-state index is 0.172. The molecule has 0 amide bonds. The normalized spacial score (nSPS) is 17.4. The topological polar surface area (TPSA) is 21.3 Å². The van der Waals surface area contributed by atoms with E-state index in [2.05, 4.69) is 51.2 Å². The molecular formula is C16H25NO. The van der Waals surface area contributed by atoms with Gasteiger partial charge < -0.3 is 10.1 Å². The van der Waals surface area contributed by atoms with Crippen LogP contribution in [0.15, 0.2) is 18.2 Å². The molecule has 0 saturated heterocycles. The zero-order valence-electron chi connectivity index (χ0n) is 12.2. The molecule has 1 fully saturated rings. The van der Waals surface area contributed by atoms with Crippen LogP contribution in [-0.4, -0.2) is 13.2 Å². The molecule has 1 aliphatic carbocycles. The number of hydrogen-bond donors (Lipinski definition) is 1. The average molecular weight is 247 g/mol. The molecule has 0 aliphatic heterocycles. The maximum absolute atomic E-state index is 5.45. The molecule has 18 heavy (non-hydrogen) atoms. The van der Waals surface area contributed by atoms with E-state index in [9.17, 15) is 0 Å². The first kappa shape index (κ1) is 13.3. The molecular weight excluding hydrogens is 222 g/mol. The molecule has 2 nitrogen and oxygen atoms in total. The number of methoxy groups -OCH3 is 1. The first-order chi connectivity index (χ1) is 8.41. The van der Waals surface area contributed by atoms with Crippen LogP contribution in [0.25, 0.3) is 0 Å². The van der Waals surface area contributed by atoms with Gasteiger partial charge in [0.15, 0.2) is 0 Å². The lowest BCUT2D eigenvalue weighted by molar-refractivity contribution is 0.415. The zero-order valence-corrected chi connectivity index (χ0v) is 12.2. The molecule has 2 rings (SSSR count). The molecule has 1 aliphatic rings. The van der Waals surface area contributed by atoms with Crippen molar-refractivity contribution in [1.29, 1.82) is 0 Å². The first-order valence-electron chi connectivity index (χ1n) is 6.87. The smallest absolute Gasteiger partial charge is 0.141 e. The monoisotopic (exact) mass is 247 g/mol. The van der Waals surface area contributed by atoms with Gasteiger partial charge >= 0.3 is 0 Å². The van der Waals surface area contributed by atoms with Crippen LogP contribution in [-0.2, 0) is 5.41 Å².